The van der Waals surface area contributed by atoms with Gasteiger partial charge in [0.25, 0.3) is 0 Å². The Kier molecular flexibility index (Phi) is 5.02. The number of halogens is 3. The van der Waals surface area contributed by atoms with Crippen LogP contribution >= 0.6 is 27.5 Å². The first kappa shape index (κ1) is 15.3. The average molecular weight is 359 g/mol. The van der Waals surface area contributed by atoms with Crippen molar-refractivity contribution in [2.24, 2.45) is 5.73 Å². The van der Waals surface area contributed by atoms with Crippen LogP contribution in [0.2, 0.25) is 5.02 Å². The first-order chi connectivity index (χ1) is 9.51. The Bertz CT molecular complexity index is 621. The van der Waals surface area contributed by atoms with Gasteiger partial charge in [0.15, 0.2) is 0 Å². The largest absolute Gasteiger partial charge is 0.496 e. The van der Waals surface area contributed by atoms with Crippen LogP contribution in [0.5, 0.6) is 5.75 Å². The summed E-state index contributed by atoms with van der Waals surface area (Å²) in [5.41, 5.74) is 7.48. The van der Waals surface area contributed by atoms with Gasteiger partial charge in [-0.2, -0.15) is 0 Å². The van der Waals surface area contributed by atoms with E-state index in [9.17, 15) is 4.39 Å². The van der Waals surface area contributed by atoms with Gasteiger partial charge in [0.1, 0.15) is 11.6 Å². The third-order valence-electron chi connectivity index (χ3n) is 3.03. The van der Waals surface area contributed by atoms with Crippen molar-refractivity contribution in [2.75, 3.05) is 7.11 Å². The molecule has 0 aliphatic carbocycles. The molecule has 2 rings (SSSR count). The summed E-state index contributed by atoms with van der Waals surface area (Å²) < 4.78 is 19.8. The number of hydrogen-bond acceptors (Lipinski definition) is 2. The minimum atomic E-state index is -0.450. The molecule has 0 aromatic heterocycles. The van der Waals surface area contributed by atoms with Gasteiger partial charge in [-0.3, -0.25) is 0 Å². The minimum absolute atomic E-state index is 0.338. The van der Waals surface area contributed by atoms with E-state index < -0.39 is 6.04 Å². The smallest absolute Gasteiger partial charge is 0.133 e. The number of nitrogens with two attached hydrogens (primary N) is 1. The second-order valence-electron chi connectivity index (χ2n) is 4.45. The summed E-state index contributed by atoms with van der Waals surface area (Å²) in [4.78, 5) is 0. The van der Waals surface area contributed by atoms with E-state index in [1.165, 1.54) is 12.1 Å². The molecule has 0 heterocycles. The first-order valence-corrected chi connectivity index (χ1v) is 7.21. The molecule has 106 valence electrons. The molecule has 1 atom stereocenters. The van der Waals surface area contributed by atoms with E-state index >= 15 is 0 Å². The molecule has 0 bridgehead atoms. The summed E-state index contributed by atoms with van der Waals surface area (Å²) in [6.45, 7) is 0. The second-order valence-corrected chi connectivity index (χ2v) is 5.74. The third kappa shape index (κ3) is 3.51. The van der Waals surface area contributed by atoms with E-state index in [0.717, 1.165) is 15.8 Å². The molecule has 0 radical (unpaired) electrons. The standard InChI is InChI=1S/C15H14BrClFNO/c1-20-15-5-2-9(6-12(15)16)7-14(19)11-8-10(17)3-4-13(11)18/h2-6,8,14H,7,19H2,1H3. The van der Waals surface area contributed by atoms with Crippen molar-refractivity contribution in [3.63, 3.8) is 0 Å². The Morgan fingerprint density at radius 1 is 1.30 bits per heavy atom. The van der Waals surface area contributed by atoms with E-state index in [-0.39, 0.29) is 5.82 Å². The molecule has 2 aromatic carbocycles. The summed E-state index contributed by atoms with van der Waals surface area (Å²) in [5.74, 6) is 0.408. The first-order valence-electron chi connectivity index (χ1n) is 6.04. The van der Waals surface area contributed by atoms with Crippen LogP contribution in [-0.4, -0.2) is 7.11 Å². The lowest BCUT2D eigenvalue weighted by Crippen LogP contribution is -2.15. The Labute approximate surface area is 130 Å². The average Bonchev–Trinajstić information content (AvgIpc) is 2.41. The monoisotopic (exact) mass is 357 g/mol. The number of methoxy groups -OCH3 is 1. The summed E-state index contributed by atoms with van der Waals surface area (Å²) in [6.07, 6.45) is 0.514. The highest BCUT2D eigenvalue weighted by molar-refractivity contribution is 9.10. The zero-order valence-electron chi connectivity index (χ0n) is 10.9. The molecule has 5 heteroatoms. The maximum Gasteiger partial charge on any atom is 0.133 e. The van der Waals surface area contributed by atoms with E-state index in [0.29, 0.717) is 17.0 Å². The summed E-state index contributed by atoms with van der Waals surface area (Å²) in [7, 11) is 1.60. The van der Waals surface area contributed by atoms with Crippen molar-refractivity contribution in [3.05, 3.63) is 62.8 Å². The van der Waals surface area contributed by atoms with E-state index in [1.807, 2.05) is 18.2 Å². The van der Waals surface area contributed by atoms with Gasteiger partial charge in [0, 0.05) is 16.6 Å². The van der Waals surface area contributed by atoms with Gasteiger partial charge >= 0.3 is 0 Å². The van der Waals surface area contributed by atoms with Crippen molar-refractivity contribution in [1.29, 1.82) is 0 Å². The number of benzene rings is 2. The van der Waals surface area contributed by atoms with Crippen molar-refractivity contribution < 1.29 is 9.13 Å². The van der Waals surface area contributed by atoms with Crippen molar-refractivity contribution in [2.45, 2.75) is 12.5 Å². The molecule has 0 saturated carbocycles. The highest BCUT2D eigenvalue weighted by Gasteiger charge is 2.13. The fraction of sp³-hybridized carbons (Fsp3) is 0.200. The van der Waals surface area contributed by atoms with Crippen molar-refractivity contribution in [1.82, 2.24) is 0 Å². The van der Waals surface area contributed by atoms with E-state index in [1.54, 1.807) is 13.2 Å². The molecule has 2 nitrogen and oxygen atoms in total. The fourth-order valence-electron chi connectivity index (χ4n) is 2.00. The highest BCUT2D eigenvalue weighted by atomic mass is 79.9. The number of rotatable bonds is 4. The zero-order valence-corrected chi connectivity index (χ0v) is 13.2. The number of ether oxygens (including phenoxy) is 1. The van der Waals surface area contributed by atoms with Gasteiger partial charge < -0.3 is 10.5 Å². The van der Waals surface area contributed by atoms with Gasteiger partial charge in [-0.15, -0.1) is 0 Å². The highest BCUT2D eigenvalue weighted by Crippen LogP contribution is 2.28. The molecule has 0 saturated heterocycles. The van der Waals surface area contributed by atoms with E-state index in [4.69, 9.17) is 22.1 Å². The normalized spacial score (nSPS) is 12.2. The topological polar surface area (TPSA) is 35.2 Å². The molecule has 2 N–H and O–H groups in total. The van der Waals surface area contributed by atoms with Gasteiger partial charge in [-0.25, -0.2) is 4.39 Å². The summed E-state index contributed by atoms with van der Waals surface area (Å²) in [6, 6.07) is 9.64. The minimum Gasteiger partial charge on any atom is -0.496 e. The van der Waals surface area contributed by atoms with E-state index in [2.05, 4.69) is 15.9 Å². The molecule has 0 fully saturated rings. The van der Waals surface area contributed by atoms with Crippen LogP contribution in [-0.2, 0) is 6.42 Å². The molecule has 0 spiro atoms. The predicted molar refractivity (Wildman–Crippen MR) is 82.7 cm³/mol. The Morgan fingerprint density at radius 3 is 2.70 bits per heavy atom. The molecule has 0 aliphatic rings. The van der Waals surface area contributed by atoms with Crippen molar-refractivity contribution >= 4 is 27.5 Å². The lowest BCUT2D eigenvalue weighted by Gasteiger charge is -2.14. The Balaban J connectivity index is 2.21. The van der Waals surface area contributed by atoms with Gasteiger partial charge in [-0.1, -0.05) is 17.7 Å². The Hall–Kier alpha value is -1.10. The quantitative estimate of drug-likeness (QED) is 0.874. The van der Waals surface area contributed by atoms with Gasteiger partial charge in [0.05, 0.1) is 11.6 Å². The van der Waals surface area contributed by atoms with Crippen LogP contribution in [0.1, 0.15) is 17.2 Å². The van der Waals surface area contributed by atoms with Crippen LogP contribution in [0.4, 0.5) is 4.39 Å². The fourth-order valence-corrected chi connectivity index (χ4v) is 2.77. The van der Waals surface area contributed by atoms with Crippen LogP contribution in [0, 0.1) is 5.82 Å². The lowest BCUT2D eigenvalue weighted by molar-refractivity contribution is 0.412. The molecule has 0 amide bonds. The zero-order chi connectivity index (χ0) is 14.7. The molecule has 0 aliphatic heterocycles. The molecular weight excluding hydrogens is 345 g/mol. The number of hydrogen-bond donors (Lipinski definition) is 1. The lowest BCUT2D eigenvalue weighted by atomic mass is 9.99. The van der Waals surface area contributed by atoms with Crippen LogP contribution < -0.4 is 10.5 Å². The van der Waals surface area contributed by atoms with Crippen LogP contribution in [0.25, 0.3) is 0 Å². The summed E-state index contributed by atoms with van der Waals surface area (Å²) >= 11 is 9.30. The SMILES string of the molecule is COc1ccc(CC(N)c2cc(Cl)ccc2F)cc1Br. The Morgan fingerprint density at radius 2 is 2.05 bits per heavy atom. The van der Waals surface area contributed by atoms with Gasteiger partial charge in [0.2, 0.25) is 0 Å². The molecular formula is C15H14BrClFNO. The maximum absolute atomic E-state index is 13.8. The van der Waals surface area contributed by atoms with Crippen LogP contribution in [0.3, 0.4) is 0 Å². The predicted octanol–water partition coefficient (Wildman–Crippen LogP) is 4.49. The molecule has 20 heavy (non-hydrogen) atoms. The maximum atomic E-state index is 13.8. The second kappa shape index (κ2) is 6.57. The third-order valence-corrected chi connectivity index (χ3v) is 3.88. The van der Waals surface area contributed by atoms with Crippen molar-refractivity contribution in [3.8, 4) is 5.75 Å². The van der Waals surface area contributed by atoms with Gasteiger partial charge in [-0.05, 0) is 58.2 Å². The van der Waals surface area contributed by atoms with Crippen LogP contribution in [0.15, 0.2) is 40.9 Å². The molecule has 2 aromatic rings. The summed E-state index contributed by atoms with van der Waals surface area (Å²) in [5, 5.41) is 0.479. The molecule has 1 unspecified atom stereocenters.